The predicted molar refractivity (Wildman–Crippen MR) is 70.0 cm³/mol. The van der Waals surface area contributed by atoms with E-state index in [4.69, 9.17) is 5.84 Å². The monoisotopic (exact) mass is 284 g/mol. The fourth-order valence-corrected chi connectivity index (χ4v) is 2.87. The largest absolute Gasteiger partial charge is 0.550 e. The summed E-state index contributed by atoms with van der Waals surface area (Å²) in [6.45, 7) is 3.79. The molecular formula is C12H18N3O3S-. The third kappa shape index (κ3) is 3.30. The van der Waals surface area contributed by atoms with Crippen molar-refractivity contribution in [2.24, 2.45) is 5.84 Å². The zero-order chi connectivity index (χ0) is 14.5. The first-order chi connectivity index (χ1) is 9.00. The number of carboxylic acids is 1. The summed E-state index contributed by atoms with van der Waals surface area (Å²) in [5.41, 5.74) is 1.70. The Hall–Kier alpha value is -1.47. The van der Waals surface area contributed by atoms with Gasteiger partial charge in [0.15, 0.2) is 0 Å². The number of hydrogen-bond donors (Lipinski definition) is 2. The van der Waals surface area contributed by atoms with Gasteiger partial charge in [0, 0.05) is 11.3 Å². The molecule has 0 fully saturated rings. The van der Waals surface area contributed by atoms with Gasteiger partial charge in [0.1, 0.15) is 0 Å². The molecule has 3 N–H and O–H groups in total. The zero-order valence-corrected chi connectivity index (χ0v) is 11.9. The molecule has 1 aromatic heterocycles. The van der Waals surface area contributed by atoms with Crippen molar-refractivity contribution in [1.82, 2.24) is 10.4 Å². The molecule has 1 heterocycles. The topological polar surface area (TPSA) is 108 Å². The van der Waals surface area contributed by atoms with E-state index in [1.807, 2.05) is 13.8 Å². The van der Waals surface area contributed by atoms with Crippen molar-refractivity contribution in [3.05, 3.63) is 16.1 Å². The molecule has 1 atom stereocenters. The lowest BCUT2D eigenvalue weighted by Crippen LogP contribution is -2.48. The molecule has 106 valence electrons. The van der Waals surface area contributed by atoms with Crippen molar-refractivity contribution in [2.45, 2.75) is 44.9 Å². The Kier molecular flexibility index (Phi) is 5.44. The Balaban J connectivity index is 3.14. The highest BCUT2D eigenvalue weighted by atomic mass is 32.1. The number of hydrogen-bond acceptors (Lipinski definition) is 6. The van der Waals surface area contributed by atoms with E-state index in [9.17, 15) is 14.7 Å². The average molecular weight is 284 g/mol. The number of carbonyl (C=O) groups is 2. The summed E-state index contributed by atoms with van der Waals surface area (Å²) in [4.78, 5) is 27.2. The van der Waals surface area contributed by atoms with Crippen LogP contribution in [0.15, 0.2) is 5.38 Å². The normalized spacial score (nSPS) is 13.8. The van der Waals surface area contributed by atoms with E-state index in [1.54, 1.807) is 5.38 Å². The number of rotatable bonds is 7. The molecule has 0 saturated carbocycles. The number of amides is 1. The van der Waals surface area contributed by atoms with Gasteiger partial charge in [-0.15, -0.1) is 11.3 Å². The minimum Gasteiger partial charge on any atom is -0.550 e. The first-order valence-corrected chi connectivity index (χ1v) is 7.03. The smallest absolute Gasteiger partial charge is 0.246 e. The third-order valence-electron chi connectivity index (χ3n) is 3.27. The SMILES string of the molecule is CCc1nc([C@](CC)(CCC(=O)[O-])C(=O)NN)cs1. The maximum Gasteiger partial charge on any atom is 0.246 e. The van der Waals surface area contributed by atoms with Crippen molar-refractivity contribution < 1.29 is 14.7 Å². The summed E-state index contributed by atoms with van der Waals surface area (Å²) < 4.78 is 0. The highest BCUT2D eigenvalue weighted by molar-refractivity contribution is 7.09. The molecule has 1 aromatic rings. The molecule has 1 amide bonds. The number of aliphatic carboxylic acids is 1. The standard InChI is InChI=1S/C12H19N3O3S/c1-3-9-14-8(7-19-9)12(4-2,11(18)15-13)6-5-10(16)17/h7H,3-6,13H2,1-2H3,(H,15,18)(H,16,17)/p-1/t12-/m0/s1. The van der Waals surface area contributed by atoms with Gasteiger partial charge in [0.25, 0.3) is 0 Å². The summed E-state index contributed by atoms with van der Waals surface area (Å²) >= 11 is 1.46. The van der Waals surface area contributed by atoms with Crippen molar-refractivity contribution in [3.63, 3.8) is 0 Å². The second-order valence-electron chi connectivity index (χ2n) is 4.26. The highest BCUT2D eigenvalue weighted by Gasteiger charge is 2.40. The van der Waals surface area contributed by atoms with Gasteiger partial charge in [-0.3, -0.25) is 10.2 Å². The molecule has 19 heavy (non-hydrogen) atoms. The molecule has 6 nitrogen and oxygen atoms in total. The number of carbonyl (C=O) groups excluding carboxylic acids is 2. The molecule has 0 aliphatic rings. The second kappa shape index (κ2) is 6.63. The zero-order valence-electron chi connectivity index (χ0n) is 11.1. The van der Waals surface area contributed by atoms with Gasteiger partial charge in [0.2, 0.25) is 5.91 Å². The lowest BCUT2D eigenvalue weighted by molar-refractivity contribution is -0.306. The first-order valence-electron chi connectivity index (χ1n) is 6.16. The van der Waals surface area contributed by atoms with Crippen LogP contribution in [0.25, 0.3) is 0 Å². The van der Waals surface area contributed by atoms with Gasteiger partial charge in [-0.25, -0.2) is 10.8 Å². The van der Waals surface area contributed by atoms with Crippen LogP contribution in [0, 0.1) is 0 Å². The number of aromatic nitrogens is 1. The van der Waals surface area contributed by atoms with Crippen LogP contribution in [0.5, 0.6) is 0 Å². The predicted octanol–water partition coefficient (Wildman–Crippen LogP) is -0.127. The molecule has 1 rings (SSSR count). The number of aryl methyl sites for hydroxylation is 1. The molecule has 0 bridgehead atoms. The van der Waals surface area contributed by atoms with Gasteiger partial charge in [-0.1, -0.05) is 13.8 Å². The van der Waals surface area contributed by atoms with Gasteiger partial charge >= 0.3 is 0 Å². The molecule has 0 aliphatic heterocycles. The van der Waals surface area contributed by atoms with Crippen molar-refractivity contribution >= 4 is 23.2 Å². The minimum atomic E-state index is -1.19. The van der Waals surface area contributed by atoms with E-state index in [1.165, 1.54) is 11.3 Å². The summed E-state index contributed by atoms with van der Waals surface area (Å²) in [6.07, 6.45) is 1.12. The Bertz CT molecular complexity index is 461. The van der Waals surface area contributed by atoms with Gasteiger partial charge in [-0.05, 0) is 25.7 Å². The summed E-state index contributed by atoms with van der Waals surface area (Å²) in [7, 11) is 0. The highest BCUT2D eigenvalue weighted by Crippen LogP contribution is 2.34. The Morgan fingerprint density at radius 2 is 2.21 bits per heavy atom. The number of nitrogens with zero attached hydrogens (tertiary/aromatic N) is 1. The lowest BCUT2D eigenvalue weighted by Gasteiger charge is -2.29. The van der Waals surface area contributed by atoms with Gasteiger partial charge < -0.3 is 9.90 Å². The fourth-order valence-electron chi connectivity index (χ4n) is 2.02. The molecule has 0 saturated heterocycles. The Labute approximate surface area is 116 Å². The number of nitrogens with one attached hydrogen (secondary N) is 1. The van der Waals surface area contributed by atoms with Crippen molar-refractivity contribution in [3.8, 4) is 0 Å². The third-order valence-corrected chi connectivity index (χ3v) is 4.26. The van der Waals surface area contributed by atoms with Crippen LogP contribution >= 0.6 is 11.3 Å². The minimum absolute atomic E-state index is 0.127. The average Bonchev–Trinajstić information content (AvgIpc) is 2.88. The van der Waals surface area contributed by atoms with Crippen LogP contribution in [0.4, 0.5) is 0 Å². The van der Waals surface area contributed by atoms with Gasteiger partial charge in [-0.2, -0.15) is 0 Å². The van der Waals surface area contributed by atoms with E-state index >= 15 is 0 Å². The van der Waals surface area contributed by atoms with Crippen LogP contribution in [0.1, 0.15) is 43.8 Å². The Morgan fingerprint density at radius 1 is 1.53 bits per heavy atom. The Morgan fingerprint density at radius 3 is 2.63 bits per heavy atom. The van der Waals surface area contributed by atoms with Crippen LogP contribution in [0.2, 0.25) is 0 Å². The van der Waals surface area contributed by atoms with E-state index < -0.39 is 17.3 Å². The first kappa shape index (κ1) is 15.6. The molecule has 0 radical (unpaired) electrons. The van der Waals surface area contributed by atoms with Crippen LogP contribution < -0.4 is 16.4 Å². The molecule has 0 unspecified atom stereocenters. The van der Waals surface area contributed by atoms with E-state index in [0.29, 0.717) is 12.1 Å². The van der Waals surface area contributed by atoms with Crippen LogP contribution in [0.3, 0.4) is 0 Å². The van der Waals surface area contributed by atoms with Crippen molar-refractivity contribution in [1.29, 1.82) is 0 Å². The molecule has 7 heteroatoms. The quantitative estimate of drug-likeness (QED) is 0.412. The number of thiazole rings is 1. The molecule has 0 aromatic carbocycles. The maximum atomic E-state index is 12.1. The summed E-state index contributed by atoms with van der Waals surface area (Å²) in [5.74, 6) is 3.63. The van der Waals surface area contributed by atoms with E-state index in [0.717, 1.165) is 11.4 Å². The molecule has 0 aliphatic carbocycles. The van der Waals surface area contributed by atoms with E-state index in [2.05, 4.69) is 10.4 Å². The maximum absolute atomic E-state index is 12.1. The fraction of sp³-hybridized carbons (Fsp3) is 0.583. The molecular weight excluding hydrogens is 266 g/mol. The second-order valence-corrected chi connectivity index (χ2v) is 5.20. The number of nitrogens with two attached hydrogens (primary N) is 1. The van der Waals surface area contributed by atoms with Crippen LogP contribution in [-0.4, -0.2) is 16.9 Å². The lowest BCUT2D eigenvalue weighted by atomic mass is 9.77. The van der Waals surface area contributed by atoms with Crippen LogP contribution in [-0.2, 0) is 21.4 Å². The molecule has 0 spiro atoms. The van der Waals surface area contributed by atoms with Crippen molar-refractivity contribution in [2.75, 3.05) is 0 Å². The number of hydrazine groups is 1. The summed E-state index contributed by atoms with van der Waals surface area (Å²) in [5, 5.41) is 13.4. The van der Waals surface area contributed by atoms with E-state index in [-0.39, 0.29) is 12.8 Å². The van der Waals surface area contributed by atoms with Gasteiger partial charge in [0.05, 0.1) is 16.1 Å². The number of carboxylic acid groups (broad SMARTS) is 1. The summed E-state index contributed by atoms with van der Waals surface area (Å²) in [6, 6.07) is 0.